The van der Waals surface area contributed by atoms with Crippen LogP contribution in [0.4, 0.5) is 11.6 Å². The summed E-state index contributed by atoms with van der Waals surface area (Å²) in [5, 5.41) is 6.21. The SMILES string of the molecule is CCOC1=C(OC2CCCN(c3cncc(NC(=O)C4(C)CCNC4)n3)C2)C=CCC1. The average molecular weight is 428 g/mol. The van der Waals surface area contributed by atoms with Crippen LogP contribution in [0.1, 0.15) is 46.0 Å². The molecule has 2 fully saturated rings. The van der Waals surface area contributed by atoms with Gasteiger partial charge in [-0.05, 0) is 52.2 Å². The molecule has 0 saturated carbocycles. The quantitative estimate of drug-likeness (QED) is 0.691. The van der Waals surface area contributed by atoms with Crippen molar-refractivity contribution < 1.29 is 14.3 Å². The van der Waals surface area contributed by atoms with E-state index in [4.69, 9.17) is 9.47 Å². The normalized spacial score (nSPS) is 26.1. The summed E-state index contributed by atoms with van der Waals surface area (Å²) in [4.78, 5) is 23.9. The molecule has 0 radical (unpaired) electrons. The van der Waals surface area contributed by atoms with Crippen LogP contribution >= 0.6 is 0 Å². The van der Waals surface area contributed by atoms with Crippen LogP contribution in [0.2, 0.25) is 0 Å². The van der Waals surface area contributed by atoms with Gasteiger partial charge in [0.2, 0.25) is 5.91 Å². The minimum Gasteiger partial charge on any atom is -0.494 e. The van der Waals surface area contributed by atoms with Crippen LogP contribution in [-0.4, -0.2) is 54.8 Å². The second-order valence-corrected chi connectivity index (χ2v) is 8.69. The lowest BCUT2D eigenvalue weighted by Gasteiger charge is -2.34. The minimum absolute atomic E-state index is 0.0109. The standard InChI is InChI=1S/C23H33N5O3/c1-3-30-18-8-4-5-9-19(18)31-17-7-6-12-28(15-17)21-14-25-13-20(26-21)27-22(29)23(2)10-11-24-16-23/h5,9,13-14,17,24H,3-4,6-8,10-12,15-16H2,1-2H3,(H,26,27,29). The number of hydrogen-bond donors (Lipinski definition) is 2. The summed E-state index contributed by atoms with van der Waals surface area (Å²) in [6, 6.07) is 0. The van der Waals surface area contributed by atoms with Gasteiger partial charge < -0.3 is 25.0 Å². The van der Waals surface area contributed by atoms with E-state index in [0.717, 1.165) is 69.1 Å². The monoisotopic (exact) mass is 427 g/mol. The Bertz CT molecular complexity index is 847. The highest BCUT2D eigenvalue weighted by Gasteiger charge is 2.36. The highest BCUT2D eigenvalue weighted by molar-refractivity contribution is 5.94. The highest BCUT2D eigenvalue weighted by atomic mass is 16.5. The molecule has 8 heteroatoms. The van der Waals surface area contributed by atoms with Gasteiger partial charge in [0.25, 0.3) is 0 Å². The molecule has 1 aromatic rings. The third-order valence-electron chi connectivity index (χ3n) is 6.18. The number of anilines is 2. The summed E-state index contributed by atoms with van der Waals surface area (Å²) in [7, 11) is 0. The van der Waals surface area contributed by atoms with Gasteiger partial charge >= 0.3 is 0 Å². The average Bonchev–Trinajstić information content (AvgIpc) is 3.24. The molecule has 8 nitrogen and oxygen atoms in total. The Labute approximate surface area is 184 Å². The third kappa shape index (κ3) is 5.18. The highest BCUT2D eigenvalue weighted by Crippen LogP contribution is 2.28. The first-order valence-electron chi connectivity index (χ1n) is 11.4. The summed E-state index contributed by atoms with van der Waals surface area (Å²) >= 11 is 0. The van der Waals surface area contributed by atoms with E-state index >= 15 is 0 Å². The molecule has 2 atom stereocenters. The van der Waals surface area contributed by atoms with Crippen LogP contribution < -0.4 is 15.5 Å². The second-order valence-electron chi connectivity index (χ2n) is 8.69. The largest absolute Gasteiger partial charge is 0.494 e. The van der Waals surface area contributed by atoms with Crippen molar-refractivity contribution in [3.63, 3.8) is 0 Å². The van der Waals surface area contributed by atoms with Crippen molar-refractivity contribution in [3.05, 3.63) is 36.1 Å². The van der Waals surface area contributed by atoms with Gasteiger partial charge in [-0.15, -0.1) is 0 Å². The van der Waals surface area contributed by atoms with E-state index in [2.05, 4.69) is 31.6 Å². The minimum atomic E-state index is -0.402. The van der Waals surface area contributed by atoms with Crippen LogP contribution in [0.5, 0.6) is 0 Å². The van der Waals surface area contributed by atoms with Crippen molar-refractivity contribution in [2.45, 2.75) is 52.1 Å². The molecule has 1 amide bonds. The van der Waals surface area contributed by atoms with Crippen LogP contribution in [0.15, 0.2) is 36.1 Å². The third-order valence-corrected chi connectivity index (χ3v) is 6.18. The van der Waals surface area contributed by atoms with E-state index in [1.165, 1.54) is 0 Å². The number of ether oxygens (including phenoxy) is 2. The fraction of sp³-hybridized carbons (Fsp3) is 0.609. The molecule has 2 N–H and O–H groups in total. The molecule has 4 rings (SSSR count). The predicted molar refractivity (Wildman–Crippen MR) is 120 cm³/mol. The maximum Gasteiger partial charge on any atom is 0.232 e. The van der Waals surface area contributed by atoms with Crippen molar-refractivity contribution in [2.24, 2.45) is 5.41 Å². The fourth-order valence-electron chi connectivity index (χ4n) is 4.31. The lowest BCUT2D eigenvalue weighted by Crippen LogP contribution is -2.40. The number of amides is 1. The Morgan fingerprint density at radius 1 is 1.42 bits per heavy atom. The first-order valence-corrected chi connectivity index (χ1v) is 11.4. The number of allylic oxidation sites excluding steroid dienone is 3. The molecule has 1 aliphatic carbocycles. The second kappa shape index (κ2) is 9.68. The lowest BCUT2D eigenvalue weighted by molar-refractivity contribution is -0.123. The number of piperidine rings is 1. The first-order chi connectivity index (χ1) is 15.1. The lowest BCUT2D eigenvalue weighted by atomic mass is 9.89. The Balaban J connectivity index is 1.41. The Morgan fingerprint density at radius 2 is 2.32 bits per heavy atom. The fourth-order valence-corrected chi connectivity index (χ4v) is 4.31. The zero-order chi connectivity index (χ0) is 21.7. The molecule has 168 valence electrons. The topological polar surface area (TPSA) is 88.6 Å². The molecule has 2 aliphatic heterocycles. The van der Waals surface area contributed by atoms with Crippen LogP contribution in [0.25, 0.3) is 0 Å². The number of carbonyl (C=O) groups excluding carboxylic acids is 1. The molecule has 1 aromatic heterocycles. The van der Waals surface area contributed by atoms with Crippen LogP contribution in [0.3, 0.4) is 0 Å². The van der Waals surface area contributed by atoms with Gasteiger partial charge in [-0.1, -0.05) is 6.08 Å². The van der Waals surface area contributed by atoms with Crippen molar-refractivity contribution >= 4 is 17.5 Å². The van der Waals surface area contributed by atoms with E-state index < -0.39 is 5.41 Å². The number of nitrogens with zero attached hydrogens (tertiary/aromatic N) is 3. The molecule has 3 heterocycles. The Kier molecular flexibility index (Phi) is 6.75. The molecule has 3 aliphatic rings. The molecule has 31 heavy (non-hydrogen) atoms. The van der Waals surface area contributed by atoms with E-state index in [0.29, 0.717) is 19.0 Å². The molecule has 0 aromatic carbocycles. The van der Waals surface area contributed by atoms with E-state index in [1.807, 2.05) is 19.9 Å². The van der Waals surface area contributed by atoms with Crippen LogP contribution in [-0.2, 0) is 14.3 Å². The predicted octanol–water partition coefficient (Wildman–Crippen LogP) is 3.00. The van der Waals surface area contributed by atoms with Gasteiger partial charge in [0.15, 0.2) is 11.6 Å². The summed E-state index contributed by atoms with van der Waals surface area (Å²) in [6.45, 7) is 7.80. The number of rotatable bonds is 7. The van der Waals surface area contributed by atoms with E-state index in [-0.39, 0.29) is 12.0 Å². The zero-order valence-corrected chi connectivity index (χ0v) is 18.5. The van der Waals surface area contributed by atoms with Gasteiger partial charge in [-0.2, -0.15) is 0 Å². The van der Waals surface area contributed by atoms with Gasteiger partial charge in [0.1, 0.15) is 17.7 Å². The van der Waals surface area contributed by atoms with Gasteiger partial charge in [-0.25, -0.2) is 4.98 Å². The molecular weight excluding hydrogens is 394 g/mol. The van der Waals surface area contributed by atoms with Crippen molar-refractivity contribution in [2.75, 3.05) is 43.0 Å². The van der Waals surface area contributed by atoms with Gasteiger partial charge in [0.05, 0.1) is 31.0 Å². The molecule has 0 spiro atoms. The number of hydrogen-bond acceptors (Lipinski definition) is 7. The van der Waals surface area contributed by atoms with Crippen molar-refractivity contribution in [1.82, 2.24) is 15.3 Å². The molecule has 0 bridgehead atoms. The van der Waals surface area contributed by atoms with Crippen molar-refractivity contribution in [3.8, 4) is 0 Å². The van der Waals surface area contributed by atoms with E-state index in [1.54, 1.807) is 12.4 Å². The van der Waals surface area contributed by atoms with Crippen molar-refractivity contribution in [1.29, 1.82) is 0 Å². The van der Waals surface area contributed by atoms with Gasteiger partial charge in [0, 0.05) is 19.5 Å². The maximum absolute atomic E-state index is 12.7. The first kappa shape index (κ1) is 21.6. The van der Waals surface area contributed by atoms with E-state index in [9.17, 15) is 4.79 Å². The summed E-state index contributed by atoms with van der Waals surface area (Å²) in [6.07, 6.45) is 12.3. The smallest absolute Gasteiger partial charge is 0.232 e. The number of nitrogens with one attached hydrogen (secondary N) is 2. The zero-order valence-electron chi connectivity index (χ0n) is 18.5. The molecular formula is C23H33N5O3. The number of carbonyl (C=O) groups is 1. The molecule has 2 saturated heterocycles. The summed E-state index contributed by atoms with van der Waals surface area (Å²) in [5.41, 5.74) is -0.402. The maximum atomic E-state index is 12.7. The summed E-state index contributed by atoms with van der Waals surface area (Å²) in [5.74, 6) is 3.05. The van der Waals surface area contributed by atoms with Crippen LogP contribution in [0, 0.1) is 5.41 Å². The Morgan fingerprint density at radius 3 is 3.13 bits per heavy atom. The Hall–Kier alpha value is -2.61. The summed E-state index contributed by atoms with van der Waals surface area (Å²) < 4.78 is 12.1. The van der Waals surface area contributed by atoms with Gasteiger partial charge in [-0.3, -0.25) is 9.78 Å². The number of aromatic nitrogens is 2. The molecule has 2 unspecified atom stereocenters.